The second-order valence-corrected chi connectivity index (χ2v) is 11.0. The van der Waals surface area contributed by atoms with E-state index in [1.807, 2.05) is 0 Å². The van der Waals surface area contributed by atoms with Crippen LogP contribution < -0.4 is 10.6 Å². The predicted molar refractivity (Wildman–Crippen MR) is 139 cm³/mol. The molecule has 0 atom stereocenters. The minimum atomic E-state index is -2.96. The maximum atomic E-state index is 13.5. The van der Waals surface area contributed by atoms with Gasteiger partial charge >= 0.3 is 5.97 Å². The Morgan fingerprint density at radius 3 is 2.70 bits per heavy atom. The van der Waals surface area contributed by atoms with Crippen molar-refractivity contribution < 1.29 is 22.3 Å². The van der Waals surface area contributed by atoms with Crippen LogP contribution in [0.2, 0.25) is 5.02 Å². The van der Waals surface area contributed by atoms with Crippen LogP contribution in [0.3, 0.4) is 0 Å². The second kappa shape index (κ2) is 11.8. The number of anilines is 3. The van der Waals surface area contributed by atoms with E-state index in [0.717, 1.165) is 0 Å². The van der Waals surface area contributed by atoms with Crippen LogP contribution >= 0.6 is 11.6 Å². The normalized spacial score (nSPS) is 15.2. The van der Waals surface area contributed by atoms with Crippen LogP contribution in [-0.2, 0) is 14.6 Å². The summed E-state index contributed by atoms with van der Waals surface area (Å²) in [5, 5.41) is 6.26. The molecule has 0 unspecified atom stereocenters. The lowest BCUT2D eigenvalue weighted by atomic mass is 10.1. The third-order valence-corrected chi connectivity index (χ3v) is 7.58. The lowest BCUT2D eigenvalue weighted by Crippen LogP contribution is -2.42. The van der Waals surface area contributed by atoms with Gasteiger partial charge in [0.2, 0.25) is 5.95 Å². The van der Waals surface area contributed by atoms with Gasteiger partial charge in [-0.3, -0.25) is 9.88 Å². The fourth-order valence-electron chi connectivity index (χ4n) is 3.71. The number of esters is 1. The number of halogens is 2. The number of sulfone groups is 1. The Kier molecular flexibility index (Phi) is 8.52. The van der Waals surface area contributed by atoms with Crippen LogP contribution in [0.1, 0.15) is 17.3 Å². The number of carbonyl (C=O) groups is 1. The van der Waals surface area contributed by atoms with Gasteiger partial charge in [-0.2, -0.15) is 4.98 Å². The number of nitrogens with one attached hydrogen (secondary N) is 2. The average molecular weight is 549 g/mol. The van der Waals surface area contributed by atoms with Gasteiger partial charge in [-0.05, 0) is 31.2 Å². The molecule has 1 saturated heterocycles. The molecule has 196 valence electrons. The van der Waals surface area contributed by atoms with Crippen molar-refractivity contribution in [3.63, 3.8) is 0 Å². The molecule has 0 saturated carbocycles. The Labute approximate surface area is 219 Å². The number of ether oxygens (including phenoxy) is 1. The molecule has 37 heavy (non-hydrogen) atoms. The van der Waals surface area contributed by atoms with Gasteiger partial charge in [0.15, 0.2) is 9.84 Å². The smallest absolute Gasteiger partial charge is 0.339 e. The van der Waals surface area contributed by atoms with Gasteiger partial charge in [0.1, 0.15) is 11.6 Å². The van der Waals surface area contributed by atoms with E-state index in [9.17, 15) is 17.6 Å². The summed E-state index contributed by atoms with van der Waals surface area (Å²) < 4.78 is 42.0. The van der Waals surface area contributed by atoms with Crippen molar-refractivity contribution in [1.82, 2.24) is 19.9 Å². The summed E-state index contributed by atoms with van der Waals surface area (Å²) in [5.41, 5.74) is 2.00. The number of benzene rings is 1. The van der Waals surface area contributed by atoms with Crippen molar-refractivity contribution in [2.24, 2.45) is 0 Å². The van der Waals surface area contributed by atoms with Crippen molar-refractivity contribution in [1.29, 1.82) is 0 Å². The molecule has 3 heterocycles. The zero-order valence-electron chi connectivity index (χ0n) is 20.1. The summed E-state index contributed by atoms with van der Waals surface area (Å²) >= 11 is 5.88. The largest absolute Gasteiger partial charge is 0.462 e. The third kappa shape index (κ3) is 7.12. The number of nitrogens with zero attached hydrogens (tertiary/aromatic N) is 4. The van der Waals surface area contributed by atoms with Gasteiger partial charge in [-0.1, -0.05) is 11.6 Å². The SMILES string of the molecule is CCOC(=O)c1cncc(-c2cnc(Nc3ccc(F)c(Cl)c3)nc2NCCN2CCS(=O)(=O)CC2)c1. The van der Waals surface area contributed by atoms with Gasteiger partial charge in [-0.15, -0.1) is 0 Å². The highest BCUT2D eigenvalue weighted by Crippen LogP contribution is 2.28. The summed E-state index contributed by atoms with van der Waals surface area (Å²) in [6.45, 7) is 4.01. The first-order valence-electron chi connectivity index (χ1n) is 11.6. The van der Waals surface area contributed by atoms with Crippen molar-refractivity contribution in [2.45, 2.75) is 6.92 Å². The lowest BCUT2D eigenvalue weighted by Gasteiger charge is -2.26. The highest BCUT2D eigenvalue weighted by Gasteiger charge is 2.21. The molecule has 13 heteroatoms. The molecule has 0 amide bonds. The van der Waals surface area contributed by atoms with Crippen LogP contribution in [0.5, 0.6) is 0 Å². The van der Waals surface area contributed by atoms with E-state index >= 15 is 0 Å². The van der Waals surface area contributed by atoms with Crippen LogP contribution in [0.4, 0.5) is 21.8 Å². The van der Waals surface area contributed by atoms with E-state index in [1.54, 1.807) is 25.4 Å². The zero-order chi connectivity index (χ0) is 26.4. The van der Waals surface area contributed by atoms with E-state index in [0.29, 0.717) is 54.4 Å². The fourth-order valence-corrected chi connectivity index (χ4v) is 5.17. The maximum absolute atomic E-state index is 13.5. The molecule has 4 rings (SSSR count). The van der Waals surface area contributed by atoms with Gasteiger partial charge in [0.25, 0.3) is 0 Å². The first-order chi connectivity index (χ1) is 17.7. The third-order valence-electron chi connectivity index (χ3n) is 5.68. The summed E-state index contributed by atoms with van der Waals surface area (Å²) in [6.07, 6.45) is 4.60. The van der Waals surface area contributed by atoms with Crippen molar-refractivity contribution in [3.8, 4) is 11.1 Å². The highest BCUT2D eigenvalue weighted by molar-refractivity contribution is 7.91. The van der Waals surface area contributed by atoms with Crippen LogP contribution in [0, 0.1) is 5.82 Å². The monoisotopic (exact) mass is 548 g/mol. The molecule has 0 spiro atoms. The number of carbonyl (C=O) groups excluding carboxylic acids is 1. The van der Waals surface area contributed by atoms with Gasteiger partial charge in [0.05, 0.1) is 28.7 Å². The standard InChI is InChI=1S/C24H26ClFN6O4S/c1-2-36-23(33)17-11-16(13-27-14-17)19-15-29-24(30-18-3-4-21(26)20(25)12-18)31-22(19)28-5-6-32-7-9-37(34,35)10-8-32/h3-4,11-15H,2,5-10H2,1H3,(H2,28,29,30,31). The van der Waals surface area contributed by atoms with Crippen LogP contribution in [-0.4, -0.2) is 78.5 Å². The Hall–Kier alpha value is -3.35. The summed E-state index contributed by atoms with van der Waals surface area (Å²) in [5.74, 6) is -0.0200. The van der Waals surface area contributed by atoms with E-state index in [4.69, 9.17) is 16.3 Å². The summed E-state index contributed by atoms with van der Waals surface area (Å²) in [7, 11) is -2.96. The van der Waals surface area contributed by atoms with Crippen molar-refractivity contribution in [3.05, 3.63) is 59.3 Å². The van der Waals surface area contributed by atoms with E-state index in [-0.39, 0.29) is 29.1 Å². The van der Waals surface area contributed by atoms with E-state index in [1.165, 1.54) is 24.4 Å². The van der Waals surface area contributed by atoms with Gasteiger partial charge in [0, 0.05) is 61.6 Å². The zero-order valence-corrected chi connectivity index (χ0v) is 21.6. The fraction of sp³-hybridized carbons (Fsp3) is 0.333. The number of aromatic nitrogens is 3. The second-order valence-electron chi connectivity index (χ2n) is 8.31. The quantitative estimate of drug-likeness (QED) is 0.384. The van der Waals surface area contributed by atoms with E-state index < -0.39 is 21.6 Å². The molecule has 1 aliphatic rings. The first-order valence-corrected chi connectivity index (χ1v) is 13.8. The van der Waals surface area contributed by atoms with Crippen LogP contribution in [0.15, 0.2) is 42.9 Å². The molecule has 0 radical (unpaired) electrons. The molecule has 0 bridgehead atoms. The molecule has 3 aromatic rings. The minimum Gasteiger partial charge on any atom is -0.462 e. The van der Waals surface area contributed by atoms with Gasteiger partial charge < -0.3 is 15.4 Å². The lowest BCUT2D eigenvalue weighted by molar-refractivity contribution is 0.0526. The average Bonchev–Trinajstić information content (AvgIpc) is 2.88. The molecule has 1 fully saturated rings. The molecular formula is C24H26ClFN6O4S. The Bertz CT molecular complexity index is 1380. The Morgan fingerprint density at radius 1 is 1.19 bits per heavy atom. The molecule has 0 aliphatic carbocycles. The topological polar surface area (TPSA) is 126 Å². The highest BCUT2D eigenvalue weighted by atomic mass is 35.5. The number of rotatable bonds is 9. The maximum Gasteiger partial charge on any atom is 0.339 e. The van der Waals surface area contributed by atoms with Crippen molar-refractivity contribution in [2.75, 3.05) is 54.9 Å². The van der Waals surface area contributed by atoms with Crippen molar-refractivity contribution >= 4 is 44.9 Å². The van der Waals surface area contributed by atoms with Gasteiger partial charge in [-0.25, -0.2) is 22.6 Å². The molecule has 2 aromatic heterocycles. The first kappa shape index (κ1) is 26.7. The molecule has 1 aliphatic heterocycles. The Balaban J connectivity index is 1.57. The molecule has 2 N–H and O–H groups in total. The summed E-state index contributed by atoms with van der Waals surface area (Å²) in [6, 6.07) is 5.84. The minimum absolute atomic E-state index is 0.0367. The number of hydrogen-bond acceptors (Lipinski definition) is 10. The predicted octanol–water partition coefficient (Wildman–Crippen LogP) is 3.39. The molecular weight excluding hydrogens is 523 g/mol. The van der Waals surface area contributed by atoms with Crippen LogP contribution in [0.25, 0.3) is 11.1 Å². The number of hydrogen-bond donors (Lipinski definition) is 2. The molecule has 1 aromatic carbocycles. The summed E-state index contributed by atoms with van der Waals surface area (Å²) in [4.78, 5) is 27.4. The van der Waals surface area contributed by atoms with E-state index in [2.05, 4.69) is 30.5 Å². The Morgan fingerprint density at radius 2 is 1.97 bits per heavy atom. The number of pyridine rings is 1. The molecule has 10 nitrogen and oxygen atoms in total.